The number of aliphatic hydroxyl groups is 1. The Morgan fingerprint density at radius 2 is 1.50 bits per heavy atom. The largest absolute Gasteiger partial charge is 0.506 e. The minimum Gasteiger partial charge on any atom is -0.506 e. The van der Waals surface area contributed by atoms with E-state index in [-0.39, 0.29) is 42.4 Å². The number of phenolic OH excluding ortho intramolecular Hbond substituents is 2. The van der Waals surface area contributed by atoms with Crippen molar-refractivity contribution < 1.29 is 29.7 Å². The maximum absolute atomic E-state index is 15.2. The standard InChI is InChI=1S/C38H50O6/c1-22(2)11-13-27(25(7)8)20-37-21-28(15-12-23(3)4)36(9,10)38(35(37)44,18-17-24(5)6)34(43)31(33(37)42)32(41)26-14-16-29(39)30(40)19-26/h11-12,14,16-17,19,27-28,39-41H,7,13,15,18,20-21H2,1-6,8-10H3/t27-,28-,37-,38-/m0/s1. The molecule has 2 aliphatic carbocycles. The van der Waals surface area contributed by atoms with Gasteiger partial charge < -0.3 is 15.3 Å². The Bertz CT molecular complexity index is 1490. The molecule has 2 aliphatic rings. The first-order valence-corrected chi connectivity index (χ1v) is 15.5. The lowest BCUT2D eigenvalue weighted by molar-refractivity contribution is -0.177. The number of aliphatic hydroxyl groups excluding tert-OH is 1. The van der Waals surface area contributed by atoms with Crippen molar-refractivity contribution in [3.8, 4) is 11.5 Å². The van der Waals surface area contributed by atoms with Gasteiger partial charge in [0.2, 0.25) is 0 Å². The van der Waals surface area contributed by atoms with Crippen LogP contribution in [-0.2, 0) is 14.4 Å². The van der Waals surface area contributed by atoms with E-state index in [1.165, 1.54) is 12.1 Å². The lowest BCUT2D eigenvalue weighted by Crippen LogP contribution is -2.69. The number of hydrogen-bond acceptors (Lipinski definition) is 6. The molecule has 0 heterocycles. The van der Waals surface area contributed by atoms with Gasteiger partial charge in [-0.3, -0.25) is 14.4 Å². The van der Waals surface area contributed by atoms with E-state index in [9.17, 15) is 24.9 Å². The molecule has 6 heteroatoms. The fraction of sp³-hybridized carbons (Fsp3) is 0.500. The van der Waals surface area contributed by atoms with E-state index < -0.39 is 50.6 Å². The molecule has 3 N–H and O–H groups in total. The molecule has 44 heavy (non-hydrogen) atoms. The average Bonchev–Trinajstić information content (AvgIpc) is 2.91. The van der Waals surface area contributed by atoms with Crippen LogP contribution in [0.3, 0.4) is 0 Å². The zero-order valence-electron chi connectivity index (χ0n) is 27.9. The fourth-order valence-corrected chi connectivity index (χ4v) is 7.08. The van der Waals surface area contributed by atoms with Gasteiger partial charge in [-0.05, 0) is 116 Å². The second-order valence-electron chi connectivity index (χ2n) is 14.3. The zero-order valence-corrected chi connectivity index (χ0v) is 27.9. The molecular weight excluding hydrogens is 552 g/mol. The first kappa shape index (κ1) is 34.8. The summed E-state index contributed by atoms with van der Waals surface area (Å²) < 4.78 is 0. The van der Waals surface area contributed by atoms with Gasteiger partial charge in [0.1, 0.15) is 16.7 Å². The molecule has 0 aliphatic heterocycles. The summed E-state index contributed by atoms with van der Waals surface area (Å²) in [6.45, 7) is 21.9. The van der Waals surface area contributed by atoms with Crippen LogP contribution in [0.25, 0.3) is 5.76 Å². The summed E-state index contributed by atoms with van der Waals surface area (Å²) in [7, 11) is 0. The molecule has 238 valence electrons. The minimum atomic E-state index is -1.62. The zero-order chi connectivity index (χ0) is 33.4. The molecule has 2 fully saturated rings. The number of carbonyl (C=O) groups is 3. The van der Waals surface area contributed by atoms with Crippen LogP contribution >= 0.6 is 0 Å². The predicted octanol–water partition coefficient (Wildman–Crippen LogP) is 8.76. The normalized spacial score (nSPS) is 26.0. The van der Waals surface area contributed by atoms with E-state index in [0.29, 0.717) is 12.8 Å². The number of aromatic hydroxyl groups is 2. The second kappa shape index (κ2) is 12.7. The quantitative estimate of drug-likeness (QED) is 0.0616. The molecule has 2 bridgehead atoms. The molecule has 0 aromatic heterocycles. The van der Waals surface area contributed by atoms with Crippen molar-refractivity contribution in [2.45, 2.75) is 94.4 Å². The summed E-state index contributed by atoms with van der Waals surface area (Å²) in [6.07, 6.45) is 7.79. The number of Topliss-reactive ketones (excluding diaryl/α,β-unsaturated/α-hetero) is 3. The van der Waals surface area contributed by atoms with Gasteiger partial charge in [-0.25, -0.2) is 0 Å². The van der Waals surface area contributed by atoms with Gasteiger partial charge in [0.05, 0.1) is 5.41 Å². The third kappa shape index (κ3) is 6.00. The topological polar surface area (TPSA) is 112 Å². The lowest BCUT2D eigenvalue weighted by Gasteiger charge is -2.60. The van der Waals surface area contributed by atoms with Gasteiger partial charge in [-0.2, -0.15) is 0 Å². The van der Waals surface area contributed by atoms with Crippen molar-refractivity contribution in [2.24, 2.45) is 28.1 Å². The van der Waals surface area contributed by atoms with Gasteiger partial charge in [-0.1, -0.05) is 60.9 Å². The number of benzene rings is 1. The Hall–Kier alpha value is -3.67. The fourth-order valence-electron chi connectivity index (χ4n) is 7.08. The summed E-state index contributed by atoms with van der Waals surface area (Å²) in [4.78, 5) is 44.9. The Morgan fingerprint density at radius 3 is 2.02 bits per heavy atom. The van der Waals surface area contributed by atoms with E-state index in [1.54, 1.807) is 0 Å². The monoisotopic (exact) mass is 602 g/mol. The molecular formula is C38H50O6. The highest BCUT2D eigenvalue weighted by Gasteiger charge is 2.74. The molecule has 0 amide bonds. The molecule has 1 aromatic carbocycles. The first-order valence-electron chi connectivity index (χ1n) is 15.5. The average molecular weight is 603 g/mol. The number of rotatable bonds is 10. The first-order chi connectivity index (χ1) is 20.3. The van der Waals surface area contributed by atoms with Gasteiger partial charge in [0.25, 0.3) is 0 Å². The van der Waals surface area contributed by atoms with Crippen LogP contribution in [0, 0.1) is 28.1 Å². The molecule has 1 aromatic rings. The maximum Gasteiger partial charge on any atom is 0.184 e. The van der Waals surface area contributed by atoms with Crippen molar-refractivity contribution in [1.82, 2.24) is 0 Å². The number of hydrogen-bond donors (Lipinski definition) is 3. The highest BCUT2D eigenvalue weighted by molar-refractivity contribution is 6.41. The molecule has 0 spiro atoms. The Kier molecular flexibility index (Phi) is 10.1. The minimum absolute atomic E-state index is 0.0110. The third-order valence-electron chi connectivity index (χ3n) is 10.0. The number of fused-ring (bicyclic) bond motifs is 2. The van der Waals surface area contributed by atoms with Crippen LogP contribution in [0.15, 0.2) is 70.9 Å². The molecule has 3 rings (SSSR count). The van der Waals surface area contributed by atoms with Crippen LogP contribution in [-0.4, -0.2) is 32.7 Å². The molecule has 0 saturated heterocycles. The molecule has 0 unspecified atom stereocenters. The summed E-state index contributed by atoms with van der Waals surface area (Å²) in [5.74, 6) is -3.61. The SMILES string of the molecule is C=C(C)[C@@H](CC=C(C)C)C[C@]12C[C@H](CC=C(C)C)C(C)(C)[C@@](CC=C(C)C)(C(=O)C(=C(O)c3ccc(O)c(O)c3)C1=O)C2=O. The molecule has 4 atom stereocenters. The highest BCUT2D eigenvalue weighted by atomic mass is 16.3. The van der Waals surface area contributed by atoms with E-state index in [1.807, 2.05) is 68.4 Å². The Labute approximate surface area is 263 Å². The van der Waals surface area contributed by atoms with Crippen LogP contribution in [0.1, 0.15) is 100.0 Å². The Morgan fingerprint density at radius 1 is 0.909 bits per heavy atom. The molecule has 6 nitrogen and oxygen atoms in total. The summed E-state index contributed by atoms with van der Waals surface area (Å²) in [5, 5.41) is 31.7. The van der Waals surface area contributed by atoms with E-state index in [0.717, 1.165) is 28.4 Å². The van der Waals surface area contributed by atoms with Crippen molar-refractivity contribution in [3.05, 3.63) is 76.4 Å². The summed E-state index contributed by atoms with van der Waals surface area (Å²) in [5.41, 5.74) is -0.453. The van der Waals surface area contributed by atoms with E-state index in [2.05, 4.69) is 18.7 Å². The van der Waals surface area contributed by atoms with Crippen LogP contribution in [0.5, 0.6) is 11.5 Å². The summed E-state index contributed by atoms with van der Waals surface area (Å²) in [6, 6.07) is 3.65. The highest BCUT2D eigenvalue weighted by Crippen LogP contribution is 2.66. The van der Waals surface area contributed by atoms with Crippen molar-refractivity contribution in [1.29, 1.82) is 0 Å². The van der Waals surface area contributed by atoms with Crippen molar-refractivity contribution in [2.75, 3.05) is 0 Å². The van der Waals surface area contributed by atoms with Gasteiger partial charge in [-0.15, -0.1) is 0 Å². The van der Waals surface area contributed by atoms with E-state index in [4.69, 9.17) is 0 Å². The van der Waals surface area contributed by atoms with Crippen LogP contribution in [0.2, 0.25) is 0 Å². The van der Waals surface area contributed by atoms with Gasteiger partial charge in [0.15, 0.2) is 28.8 Å². The number of carbonyl (C=O) groups excluding carboxylic acids is 3. The number of ketones is 3. The van der Waals surface area contributed by atoms with Crippen LogP contribution < -0.4 is 0 Å². The second-order valence-corrected chi connectivity index (χ2v) is 14.3. The third-order valence-corrected chi connectivity index (χ3v) is 10.0. The summed E-state index contributed by atoms with van der Waals surface area (Å²) >= 11 is 0. The molecule has 2 saturated carbocycles. The molecule has 0 radical (unpaired) electrons. The number of phenols is 2. The van der Waals surface area contributed by atoms with Crippen molar-refractivity contribution >= 4 is 23.1 Å². The smallest absolute Gasteiger partial charge is 0.184 e. The number of allylic oxidation sites excluding steroid dienone is 8. The predicted molar refractivity (Wildman–Crippen MR) is 176 cm³/mol. The van der Waals surface area contributed by atoms with E-state index >= 15 is 4.79 Å². The lowest BCUT2D eigenvalue weighted by atomic mass is 9.38. The maximum atomic E-state index is 15.2. The van der Waals surface area contributed by atoms with Crippen molar-refractivity contribution in [3.63, 3.8) is 0 Å². The van der Waals surface area contributed by atoms with Crippen LogP contribution in [0.4, 0.5) is 0 Å². The Balaban J connectivity index is 2.47. The van der Waals surface area contributed by atoms with Gasteiger partial charge >= 0.3 is 0 Å². The van der Waals surface area contributed by atoms with Gasteiger partial charge in [0, 0.05) is 5.56 Å².